The first-order valence-electron chi connectivity index (χ1n) is 8.74. The molecule has 0 saturated heterocycles. The Morgan fingerprint density at radius 2 is 1.85 bits per heavy atom. The van der Waals surface area contributed by atoms with Crippen molar-refractivity contribution in [3.05, 3.63) is 53.1 Å². The Morgan fingerprint density at radius 3 is 2.50 bits per heavy atom. The fourth-order valence-corrected chi connectivity index (χ4v) is 4.45. The highest BCUT2D eigenvalue weighted by molar-refractivity contribution is 7.48. The molecule has 0 saturated carbocycles. The molecule has 5 heteroatoms. The van der Waals surface area contributed by atoms with Gasteiger partial charge in [0.2, 0.25) is 0 Å². The lowest BCUT2D eigenvalue weighted by Gasteiger charge is -2.29. The molecule has 0 fully saturated rings. The van der Waals surface area contributed by atoms with E-state index in [4.69, 9.17) is 14.2 Å². The zero-order valence-corrected chi connectivity index (χ0v) is 17.6. The first-order chi connectivity index (χ1) is 12.4. The van der Waals surface area contributed by atoms with Gasteiger partial charge in [-0.1, -0.05) is 46.2 Å². The number of nitrogens with one attached hydrogen (secondary N) is 1. The van der Waals surface area contributed by atoms with Gasteiger partial charge in [-0.2, -0.15) is 0 Å². The topological polar surface area (TPSA) is 39.7 Å². The largest absolute Gasteiger partial charge is 0.497 e. The molecule has 0 aliphatic carbocycles. The molecule has 1 N–H and O–H groups in total. The molecule has 0 amide bonds. The molecule has 1 atom stereocenters. The number of ether oxygens (including phenoxy) is 3. The highest BCUT2D eigenvalue weighted by Crippen LogP contribution is 2.46. The predicted molar refractivity (Wildman–Crippen MR) is 110 cm³/mol. The summed E-state index contributed by atoms with van der Waals surface area (Å²) in [4.78, 5) is 0. The maximum absolute atomic E-state index is 5.82. The van der Waals surface area contributed by atoms with Gasteiger partial charge in [-0.15, -0.1) is 0 Å². The summed E-state index contributed by atoms with van der Waals surface area (Å²) < 4.78 is 16.4. The van der Waals surface area contributed by atoms with Crippen LogP contribution in [-0.2, 0) is 16.4 Å². The van der Waals surface area contributed by atoms with Gasteiger partial charge in [0.25, 0.3) is 0 Å². The van der Waals surface area contributed by atoms with Crippen LogP contribution >= 0.6 is 8.58 Å². The SMILES string of the molecule is CNCc1cc(C)ccc1PC(C)(C)c1cc(OC)ccc1OCOC. The van der Waals surface area contributed by atoms with E-state index < -0.39 is 0 Å². The summed E-state index contributed by atoms with van der Waals surface area (Å²) in [7, 11) is 5.90. The van der Waals surface area contributed by atoms with E-state index in [1.165, 1.54) is 16.4 Å². The van der Waals surface area contributed by atoms with Gasteiger partial charge in [-0.3, -0.25) is 0 Å². The van der Waals surface area contributed by atoms with Gasteiger partial charge in [0.1, 0.15) is 11.5 Å². The second-order valence-corrected chi connectivity index (χ2v) is 8.89. The van der Waals surface area contributed by atoms with Crippen LogP contribution in [0, 0.1) is 6.92 Å². The van der Waals surface area contributed by atoms with Crippen LogP contribution in [0.25, 0.3) is 0 Å². The first kappa shape index (κ1) is 20.7. The molecule has 0 spiro atoms. The Hall–Kier alpha value is -1.61. The van der Waals surface area contributed by atoms with Gasteiger partial charge in [0.05, 0.1) is 7.11 Å². The molecule has 0 heterocycles. The van der Waals surface area contributed by atoms with Gasteiger partial charge >= 0.3 is 0 Å². The molecular weight excluding hydrogens is 345 g/mol. The average Bonchev–Trinajstić information content (AvgIpc) is 2.62. The highest BCUT2D eigenvalue weighted by atomic mass is 31.1. The third kappa shape index (κ3) is 5.20. The lowest BCUT2D eigenvalue weighted by molar-refractivity contribution is 0.0501. The van der Waals surface area contributed by atoms with E-state index in [-0.39, 0.29) is 11.9 Å². The van der Waals surface area contributed by atoms with E-state index >= 15 is 0 Å². The quantitative estimate of drug-likeness (QED) is 0.532. The summed E-state index contributed by atoms with van der Waals surface area (Å²) >= 11 is 0. The molecule has 2 rings (SSSR count). The maximum Gasteiger partial charge on any atom is 0.188 e. The molecule has 0 aliphatic heterocycles. The zero-order valence-electron chi connectivity index (χ0n) is 16.6. The van der Waals surface area contributed by atoms with Crippen molar-refractivity contribution in [2.24, 2.45) is 0 Å². The number of rotatable bonds is 9. The Balaban J connectivity index is 2.40. The van der Waals surface area contributed by atoms with E-state index in [0.717, 1.165) is 23.6 Å². The van der Waals surface area contributed by atoms with Crippen LogP contribution in [0.2, 0.25) is 0 Å². The van der Waals surface area contributed by atoms with Crippen molar-refractivity contribution in [2.45, 2.75) is 32.5 Å². The van der Waals surface area contributed by atoms with Gasteiger partial charge in [-0.25, -0.2) is 0 Å². The summed E-state index contributed by atoms with van der Waals surface area (Å²) in [5.41, 5.74) is 3.76. The lowest BCUT2D eigenvalue weighted by Crippen LogP contribution is -2.20. The lowest BCUT2D eigenvalue weighted by atomic mass is 10.0. The van der Waals surface area contributed by atoms with Crippen LogP contribution in [0.1, 0.15) is 30.5 Å². The van der Waals surface area contributed by atoms with Crippen molar-refractivity contribution >= 4 is 13.9 Å². The summed E-state index contributed by atoms with van der Waals surface area (Å²) in [6.07, 6.45) is 0. The standard InChI is InChI=1S/C21H30NO3P/c1-15-7-10-20(16(11-15)13-22-4)26-21(2,3)18-12-17(24-6)8-9-19(18)25-14-23-5/h7-12,22,26H,13-14H2,1-6H3. The van der Waals surface area contributed by atoms with E-state index in [2.05, 4.69) is 50.4 Å². The van der Waals surface area contributed by atoms with Crippen molar-refractivity contribution in [3.63, 3.8) is 0 Å². The Bertz CT molecular complexity index is 731. The van der Waals surface area contributed by atoms with Crippen molar-refractivity contribution in [3.8, 4) is 11.5 Å². The number of benzene rings is 2. The normalized spacial score (nSPS) is 11.9. The summed E-state index contributed by atoms with van der Waals surface area (Å²) in [5, 5.41) is 4.55. The highest BCUT2D eigenvalue weighted by Gasteiger charge is 2.27. The Morgan fingerprint density at radius 1 is 1.08 bits per heavy atom. The van der Waals surface area contributed by atoms with E-state index in [0.29, 0.717) is 8.58 Å². The fraction of sp³-hybridized carbons (Fsp3) is 0.429. The molecule has 2 aromatic rings. The van der Waals surface area contributed by atoms with Crippen LogP contribution in [0.4, 0.5) is 0 Å². The monoisotopic (exact) mass is 375 g/mol. The number of aryl methyl sites for hydroxylation is 1. The summed E-state index contributed by atoms with van der Waals surface area (Å²) in [6.45, 7) is 7.74. The Labute approximate surface area is 159 Å². The minimum absolute atomic E-state index is 0.102. The smallest absolute Gasteiger partial charge is 0.188 e. The van der Waals surface area contributed by atoms with Gasteiger partial charge in [0, 0.05) is 24.4 Å². The maximum atomic E-state index is 5.82. The minimum Gasteiger partial charge on any atom is -0.497 e. The van der Waals surface area contributed by atoms with Crippen molar-refractivity contribution in [1.82, 2.24) is 5.32 Å². The van der Waals surface area contributed by atoms with Gasteiger partial charge < -0.3 is 19.5 Å². The average molecular weight is 375 g/mol. The predicted octanol–water partition coefficient (Wildman–Crippen LogP) is 3.94. The molecule has 26 heavy (non-hydrogen) atoms. The molecule has 1 unspecified atom stereocenters. The van der Waals surface area contributed by atoms with Gasteiger partial charge in [-0.05, 0) is 43.0 Å². The third-order valence-corrected chi connectivity index (χ3v) is 5.92. The van der Waals surface area contributed by atoms with E-state index in [1.54, 1.807) is 14.2 Å². The van der Waals surface area contributed by atoms with Crippen LogP contribution < -0.4 is 20.1 Å². The van der Waals surface area contributed by atoms with E-state index in [9.17, 15) is 0 Å². The van der Waals surface area contributed by atoms with Crippen LogP contribution in [0.5, 0.6) is 11.5 Å². The van der Waals surface area contributed by atoms with Crippen molar-refractivity contribution in [1.29, 1.82) is 0 Å². The number of hydrogen-bond acceptors (Lipinski definition) is 4. The minimum atomic E-state index is -0.102. The molecular formula is C21H30NO3P. The van der Waals surface area contributed by atoms with Gasteiger partial charge in [0.15, 0.2) is 6.79 Å². The molecule has 4 nitrogen and oxygen atoms in total. The molecule has 0 bridgehead atoms. The second kappa shape index (κ2) is 9.36. The van der Waals surface area contributed by atoms with Crippen LogP contribution in [0.15, 0.2) is 36.4 Å². The summed E-state index contributed by atoms with van der Waals surface area (Å²) in [6, 6.07) is 12.7. The van der Waals surface area contributed by atoms with Crippen molar-refractivity contribution in [2.75, 3.05) is 28.1 Å². The first-order valence-corrected chi connectivity index (χ1v) is 9.74. The summed E-state index contributed by atoms with van der Waals surface area (Å²) in [5.74, 6) is 1.68. The zero-order chi connectivity index (χ0) is 19.2. The molecule has 0 aromatic heterocycles. The molecule has 142 valence electrons. The van der Waals surface area contributed by atoms with Crippen molar-refractivity contribution < 1.29 is 14.2 Å². The molecule has 2 aromatic carbocycles. The third-order valence-electron chi connectivity index (χ3n) is 4.27. The molecule has 0 aliphatic rings. The van der Waals surface area contributed by atoms with E-state index in [1.807, 2.05) is 19.2 Å². The Kier molecular flexibility index (Phi) is 7.45. The number of methoxy groups -OCH3 is 2. The second-order valence-electron chi connectivity index (χ2n) is 6.85. The number of hydrogen-bond donors (Lipinski definition) is 1. The van der Waals surface area contributed by atoms with Crippen LogP contribution in [0.3, 0.4) is 0 Å². The van der Waals surface area contributed by atoms with Crippen LogP contribution in [-0.4, -0.2) is 28.1 Å². The fourth-order valence-electron chi connectivity index (χ4n) is 2.96. The molecule has 0 radical (unpaired) electrons.